The number of hydrogen-bond acceptors (Lipinski definition) is 3. The first-order valence-corrected chi connectivity index (χ1v) is 5.27. The number of nitrogens with one attached hydrogen (secondary N) is 1. The highest BCUT2D eigenvalue weighted by Crippen LogP contribution is 2.16. The number of amides is 1. The van der Waals surface area contributed by atoms with Crippen LogP contribution in [0.25, 0.3) is 0 Å². The van der Waals surface area contributed by atoms with E-state index in [2.05, 4.69) is 5.32 Å². The van der Waals surface area contributed by atoms with Crippen molar-refractivity contribution in [3.05, 3.63) is 0 Å². The molecule has 14 heavy (non-hydrogen) atoms. The SMILES string of the molecule is CC(CC1CCCO1)NC(=O)C(C)N. The van der Waals surface area contributed by atoms with Gasteiger partial charge in [0.2, 0.25) is 5.91 Å². The second-order valence-electron chi connectivity index (χ2n) is 4.07. The average Bonchev–Trinajstić information content (AvgIpc) is 2.56. The zero-order valence-electron chi connectivity index (χ0n) is 8.95. The third-order valence-electron chi connectivity index (χ3n) is 2.44. The molecule has 1 fully saturated rings. The van der Waals surface area contributed by atoms with Crippen LogP contribution in [0.4, 0.5) is 0 Å². The van der Waals surface area contributed by atoms with Gasteiger partial charge in [0.25, 0.3) is 0 Å². The Morgan fingerprint density at radius 3 is 2.86 bits per heavy atom. The van der Waals surface area contributed by atoms with Gasteiger partial charge in [0.05, 0.1) is 12.1 Å². The summed E-state index contributed by atoms with van der Waals surface area (Å²) in [5.74, 6) is -0.0875. The molecule has 0 aromatic heterocycles. The molecule has 0 radical (unpaired) electrons. The number of carbonyl (C=O) groups excluding carboxylic acids is 1. The van der Waals surface area contributed by atoms with Crippen LogP contribution < -0.4 is 11.1 Å². The van der Waals surface area contributed by atoms with Gasteiger partial charge in [-0.2, -0.15) is 0 Å². The van der Waals surface area contributed by atoms with Crippen LogP contribution in [0.3, 0.4) is 0 Å². The van der Waals surface area contributed by atoms with Crippen LogP contribution in [0, 0.1) is 0 Å². The van der Waals surface area contributed by atoms with Crippen LogP contribution >= 0.6 is 0 Å². The molecule has 1 rings (SSSR count). The highest BCUT2D eigenvalue weighted by atomic mass is 16.5. The van der Waals surface area contributed by atoms with Gasteiger partial charge in [-0.3, -0.25) is 4.79 Å². The third-order valence-corrected chi connectivity index (χ3v) is 2.44. The molecule has 3 unspecified atom stereocenters. The maximum absolute atomic E-state index is 11.3. The molecule has 1 aliphatic heterocycles. The largest absolute Gasteiger partial charge is 0.378 e. The predicted molar refractivity (Wildman–Crippen MR) is 54.8 cm³/mol. The number of ether oxygens (including phenoxy) is 1. The lowest BCUT2D eigenvalue weighted by molar-refractivity contribution is -0.122. The van der Waals surface area contributed by atoms with E-state index in [4.69, 9.17) is 10.5 Å². The van der Waals surface area contributed by atoms with Crippen molar-refractivity contribution in [3.8, 4) is 0 Å². The standard InChI is InChI=1S/C10H20N2O2/c1-7(12-10(13)8(2)11)6-9-4-3-5-14-9/h7-9H,3-6,11H2,1-2H3,(H,12,13). The number of hydrogen-bond donors (Lipinski definition) is 2. The lowest BCUT2D eigenvalue weighted by Crippen LogP contribution is -2.43. The van der Waals surface area contributed by atoms with E-state index in [-0.39, 0.29) is 11.9 Å². The minimum atomic E-state index is -0.429. The Labute approximate surface area is 85.2 Å². The molecule has 0 aromatic rings. The minimum Gasteiger partial charge on any atom is -0.378 e. The molecule has 0 aromatic carbocycles. The van der Waals surface area contributed by atoms with E-state index in [1.165, 1.54) is 0 Å². The maximum atomic E-state index is 11.3. The molecule has 3 N–H and O–H groups in total. The third kappa shape index (κ3) is 3.64. The van der Waals surface area contributed by atoms with Gasteiger partial charge in [0, 0.05) is 12.6 Å². The second kappa shape index (κ2) is 5.32. The van der Waals surface area contributed by atoms with Crippen LogP contribution in [0.1, 0.15) is 33.1 Å². The van der Waals surface area contributed by atoms with Gasteiger partial charge in [-0.1, -0.05) is 0 Å². The van der Waals surface area contributed by atoms with E-state index in [0.717, 1.165) is 25.9 Å². The van der Waals surface area contributed by atoms with Crippen molar-refractivity contribution >= 4 is 5.91 Å². The molecule has 3 atom stereocenters. The fourth-order valence-electron chi connectivity index (χ4n) is 1.66. The lowest BCUT2D eigenvalue weighted by Gasteiger charge is -2.18. The van der Waals surface area contributed by atoms with E-state index in [0.29, 0.717) is 6.10 Å². The van der Waals surface area contributed by atoms with Crippen LogP contribution in [-0.2, 0) is 9.53 Å². The Balaban J connectivity index is 2.20. The molecule has 0 saturated carbocycles. The molecule has 0 bridgehead atoms. The first kappa shape index (κ1) is 11.5. The fourth-order valence-corrected chi connectivity index (χ4v) is 1.66. The van der Waals surface area contributed by atoms with Crippen LogP contribution in [0.15, 0.2) is 0 Å². The first-order valence-electron chi connectivity index (χ1n) is 5.27. The van der Waals surface area contributed by atoms with Gasteiger partial charge in [-0.05, 0) is 33.1 Å². The predicted octanol–water partition coefficient (Wildman–Crippen LogP) is 0.407. The van der Waals surface area contributed by atoms with Crippen LogP contribution in [0.2, 0.25) is 0 Å². The van der Waals surface area contributed by atoms with E-state index in [1.807, 2.05) is 6.92 Å². The van der Waals surface area contributed by atoms with Gasteiger partial charge in [0.15, 0.2) is 0 Å². The lowest BCUT2D eigenvalue weighted by atomic mass is 10.1. The van der Waals surface area contributed by atoms with Crippen molar-refractivity contribution < 1.29 is 9.53 Å². The van der Waals surface area contributed by atoms with Crippen molar-refractivity contribution in [2.75, 3.05) is 6.61 Å². The molecule has 0 spiro atoms. The molecule has 1 saturated heterocycles. The topological polar surface area (TPSA) is 64.3 Å². The van der Waals surface area contributed by atoms with Gasteiger partial charge in [-0.25, -0.2) is 0 Å². The van der Waals surface area contributed by atoms with Gasteiger partial charge in [-0.15, -0.1) is 0 Å². The molecular formula is C10H20N2O2. The van der Waals surface area contributed by atoms with Gasteiger partial charge < -0.3 is 15.8 Å². The molecular weight excluding hydrogens is 180 g/mol. The van der Waals surface area contributed by atoms with E-state index < -0.39 is 6.04 Å². The molecule has 82 valence electrons. The van der Waals surface area contributed by atoms with Crippen molar-refractivity contribution in [2.24, 2.45) is 5.73 Å². The van der Waals surface area contributed by atoms with Crippen LogP contribution in [-0.4, -0.2) is 30.7 Å². The van der Waals surface area contributed by atoms with E-state index in [1.54, 1.807) is 6.92 Å². The summed E-state index contributed by atoms with van der Waals surface area (Å²) in [6.07, 6.45) is 3.45. The smallest absolute Gasteiger partial charge is 0.236 e. The highest BCUT2D eigenvalue weighted by Gasteiger charge is 2.19. The Morgan fingerprint density at radius 1 is 1.64 bits per heavy atom. The van der Waals surface area contributed by atoms with Crippen molar-refractivity contribution in [1.82, 2.24) is 5.32 Å². The monoisotopic (exact) mass is 200 g/mol. The molecule has 0 aliphatic carbocycles. The van der Waals surface area contributed by atoms with Crippen LogP contribution in [0.5, 0.6) is 0 Å². The normalized spacial score (nSPS) is 25.8. The minimum absolute atomic E-state index is 0.0875. The second-order valence-corrected chi connectivity index (χ2v) is 4.07. The van der Waals surface area contributed by atoms with E-state index >= 15 is 0 Å². The zero-order chi connectivity index (χ0) is 10.6. The highest BCUT2D eigenvalue weighted by molar-refractivity contribution is 5.81. The fraction of sp³-hybridized carbons (Fsp3) is 0.900. The Bertz CT molecular complexity index is 189. The summed E-state index contributed by atoms with van der Waals surface area (Å²) < 4.78 is 5.48. The van der Waals surface area contributed by atoms with Crippen molar-refractivity contribution in [1.29, 1.82) is 0 Å². The van der Waals surface area contributed by atoms with E-state index in [9.17, 15) is 4.79 Å². The zero-order valence-corrected chi connectivity index (χ0v) is 8.95. The van der Waals surface area contributed by atoms with Gasteiger partial charge >= 0.3 is 0 Å². The number of rotatable bonds is 4. The Kier molecular flexibility index (Phi) is 4.35. The maximum Gasteiger partial charge on any atom is 0.236 e. The summed E-state index contributed by atoms with van der Waals surface area (Å²) in [4.78, 5) is 11.3. The summed E-state index contributed by atoms with van der Waals surface area (Å²) >= 11 is 0. The average molecular weight is 200 g/mol. The summed E-state index contributed by atoms with van der Waals surface area (Å²) in [5.41, 5.74) is 5.45. The van der Waals surface area contributed by atoms with Crippen molar-refractivity contribution in [2.45, 2.75) is 51.3 Å². The first-order chi connectivity index (χ1) is 6.59. The molecule has 1 aliphatic rings. The summed E-state index contributed by atoms with van der Waals surface area (Å²) in [7, 11) is 0. The number of carbonyl (C=O) groups is 1. The Morgan fingerprint density at radius 2 is 2.36 bits per heavy atom. The summed E-state index contributed by atoms with van der Waals surface area (Å²) in [5, 5.41) is 2.86. The Hall–Kier alpha value is -0.610. The van der Waals surface area contributed by atoms with Gasteiger partial charge in [0.1, 0.15) is 0 Å². The summed E-state index contributed by atoms with van der Waals surface area (Å²) in [6, 6.07) is -0.279. The molecule has 4 nitrogen and oxygen atoms in total. The molecule has 1 amide bonds. The number of nitrogens with two attached hydrogens (primary N) is 1. The summed E-state index contributed by atoms with van der Waals surface area (Å²) in [6.45, 7) is 4.54. The molecule has 1 heterocycles. The quantitative estimate of drug-likeness (QED) is 0.690. The van der Waals surface area contributed by atoms with Crippen molar-refractivity contribution in [3.63, 3.8) is 0 Å². The molecule has 4 heteroatoms.